The zero-order valence-electron chi connectivity index (χ0n) is 16.2. The molecule has 2 fully saturated rings. The fourth-order valence-corrected chi connectivity index (χ4v) is 6.11. The van der Waals surface area contributed by atoms with Crippen LogP contribution in [0.3, 0.4) is 0 Å². The smallest absolute Gasteiger partial charge is 0.227 e. The Morgan fingerprint density at radius 1 is 1.29 bits per heavy atom. The van der Waals surface area contributed by atoms with Crippen LogP contribution >= 0.6 is 23.2 Å². The lowest BCUT2D eigenvalue weighted by atomic mass is 10.1. The summed E-state index contributed by atoms with van der Waals surface area (Å²) < 4.78 is 29.4. The van der Waals surface area contributed by atoms with Crippen LogP contribution in [0, 0.1) is 17.3 Å². The average molecular weight is 446 g/mol. The zero-order valence-corrected chi connectivity index (χ0v) is 18.5. The molecule has 5 nitrogen and oxygen atoms in total. The minimum absolute atomic E-state index is 0.0127. The molecule has 1 aliphatic carbocycles. The SMILES string of the molecule is COc1ccc(CN(C(=O)[C@@H]2[C@H](C=C(Cl)Cl)C2(C)C)[C@@H]2CCS(=O)(=O)C2)cc1. The van der Waals surface area contributed by atoms with Gasteiger partial charge in [0.2, 0.25) is 5.91 Å². The van der Waals surface area contributed by atoms with E-state index in [1.54, 1.807) is 18.1 Å². The summed E-state index contributed by atoms with van der Waals surface area (Å²) in [7, 11) is -1.52. The van der Waals surface area contributed by atoms with Crippen molar-refractivity contribution in [3.05, 3.63) is 40.4 Å². The molecule has 154 valence electrons. The molecule has 3 rings (SSSR count). The highest BCUT2D eigenvalue weighted by Crippen LogP contribution is 2.60. The van der Waals surface area contributed by atoms with E-state index in [4.69, 9.17) is 27.9 Å². The van der Waals surface area contributed by atoms with Crippen LogP contribution in [-0.2, 0) is 21.2 Å². The Bertz CT molecular complexity index is 876. The van der Waals surface area contributed by atoms with Crippen molar-refractivity contribution in [1.82, 2.24) is 4.90 Å². The third kappa shape index (κ3) is 4.50. The molecule has 0 bridgehead atoms. The van der Waals surface area contributed by atoms with E-state index in [0.717, 1.165) is 11.3 Å². The van der Waals surface area contributed by atoms with Gasteiger partial charge in [0.05, 0.1) is 24.5 Å². The van der Waals surface area contributed by atoms with E-state index in [-0.39, 0.29) is 45.2 Å². The summed E-state index contributed by atoms with van der Waals surface area (Å²) in [6.07, 6.45) is 2.18. The maximum absolute atomic E-state index is 13.4. The molecule has 1 aromatic rings. The number of carbonyl (C=O) groups excluding carboxylic acids is 1. The third-order valence-corrected chi connectivity index (χ3v) is 7.93. The molecule has 0 radical (unpaired) electrons. The minimum atomic E-state index is -3.11. The Morgan fingerprint density at radius 2 is 1.93 bits per heavy atom. The van der Waals surface area contributed by atoms with Crippen LogP contribution in [-0.4, -0.2) is 43.9 Å². The summed E-state index contributed by atoms with van der Waals surface area (Å²) in [5.74, 6) is 0.505. The predicted octanol–water partition coefficient (Wildman–Crippen LogP) is 3.80. The number of amides is 1. The van der Waals surface area contributed by atoms with Gasteiger partial charge in [0.15, 0.2) is 9.84 Å². The number of nitrogens with zero attached hydrogens (tertiary/aromatic N) is 1. The molecule has 1 saturated heterocycles. The van der Waals surface area contributed by atoms with Crippen molar-refractivity contribution in [3.63, 3.8) is 0 Å². The number of hydrogen-bond acceptors (Lipinski definition) is 4. The molecule has 1 aromatic carbocycles. The summed E-state index contributed by atoms with van der Waals surface area (Å²) in [6.45, 7) is 4.37. The Hall–Kier alpha value is -1.24. The van der Waals surface area contributed by atoms with Crippen LogP contribution in [0.2, 0.25) is 0 Å². The van der Waals surface area contributed by atoms with E-state index in [1.807, 2.05) is 38.1 Å². The molecular weight excluding hydrogens is 421 g/mol. The van der Waals surface area contributed by atoms with Crippen LogP contribution in [0.4, 0.5) is 0 Å². The summed E-state index contributed by atoms with van der Waals surface area (Å²) in [5.41, 5.74) is 0.668. The molecule has 1 aliphatic heterocycles. The van der Waals surface area contributed by atoms with Crippen molar-refractivity contribution in [1.29, 1.82) is 0 Å². The molecule has 1 heterocycles. The highest BCUT2D eigenvalue weighted by Gasteiger charge is 2.62. The van der Waals surface area contributed by atoms with Gasteiger partial charge in [-0.25, -0.2) is 8.42 Å². The molecule has 0 aromatic heterocycles. The van der Waals surface area contributed by atoms with Crippen molar-refractivity contribution in [3.8, 4) is 5.75 Å². The Kier molecular flexibility index (Phi) is 6.04. The van der Waals surface area contributed by atoms with Crippen LogP contribution in [0.25, 0.3) is 0 Å². The Labute approximate surface area is 176 Å². The van der Waals surface area contributed by atoms with Gasteiger partial charge in [-0.1, -0.05) is 49.2 Å². The molecule has 2 aliphatic rings. The Morgan fingerprint density at radius 3 is 2.43 bits per heavy atom. The van der Waals surface area contributed by atoms with Crippen LogP contribution in [0.1, 0.15) is 25.8 Å². The molecule has 28 heavy (non-hydrogen) atoms. The molecule has 8 heteroatoms. The summed E-state index contributed by atoms with van der Waals surface area (Å²) in [5, 5.41) is 0. The first-order chi connectivity index (χ1) is 13.0. The van der Waals surface area contributed by atoms with E-state index < -0.39 is 9.84 Å². The first-order valence-electron chi connectivity index (χ1n) is 9.22. The quantitative estimate of drug-likeness (QED) is 0.667. The second-order valence-electron chi connectivity index (χ2n) is 8.15. The van der Waals surface area contributed by atoms with Gasteiger partial charge < -0.3 is 9.64 Å². The lowest BCUT2D eigenvalue weighted by Gasteiger charge is -2.29. The lowest BCUT2D eigenvalue weighted by Crippen LogP contribution is -2.42. The Balaban J connectivity index is 1.86. The molecule has 0 N–H and O–H groups in total. The van der Waals surface area contributed by atoms with Crippen molar-refractivity contribution in [2.24, 2.45) is 17.3 Å². The standard InChI is InChI=1S/C20H25Cl2NO4S/c1-20(2)16(10-17(21)22)18(20)19(24)23(14-8-9-28(25,26)12-14)11-13-4-6-15(27-3)7-5-13/h4-7,10,14,16,18H,8-9,11-12H2,1-3H3/t14-,16+,18+/m1/s1. The number of ether oxygens (including phenoxy) is 1. The van der Waals surface area contributed by atoms with Crippen LogP contribution in [0.5, 0.6) is 5.75 Å². The molecule has 0 spiro atoms. The van der Waals surface area contributed by atoms with Crippen molar-refractivity contribution >= 4 is 38.9 Å². The number of carbonyl (C=O) groups is 1. The third-order valence-electron chi connectivity index (χ3n) is 5.93. The number of halogens is 2. The van der Waals surface area contributed by atoms with Gasteiger partial charge in [-0.2, -0.15) is 0 Å². The van der Waals surface area contributed by atoms with Crippen LogP contribution < -0.4 is 4.74 Å². The average Bonchev–Trinajstić information content (AvgIpc) is 2.95. The molecule has 3 atom stereocenters. The maximum atomic E-state index is 13.4. The van der Waals surface area contributed by atoms with Crippen LogP contribution in [0.15, 0.2) is 34.8 Å². The number of allylic oxidation sites excluding steroid dienone is 1. The predicted molar refractivity (Wildman–Crippen MR) is 111 cm³/mol. The number of hydrogen-bond donors (Lipinski definition) is 0. The number of methoxy groups -OCH3 is 1. The topological polar surface area (TPSA) is 63.7 Å². The second kappa shape index (κ2) is 7.88. The zero-order chi connectivity index (χ0) is 20.7. The second-order valence-corrected chi connectivity index (χ2v) is 11.4. The first kappa shape index (κ1) is 21.5. The van der Waals surface area contributed by atoms with E-state index in [2.05, 4.69) is 0 Å². The van der Waals surface area contributed by atoms with Gasteiger partial charge in [0, 0.05) is 12.6 Å². The minimum Gasteiger partial charge on any atom is -0.497 e. The highest BCUT2D eigenvalue weighted by atomic mass is 35.5. The summed E-state index contributed by atoms with van der Waals surface area (Å²) >= 11 is 11.6. The van der Waals surface area contributed by atoms with Crippen molar-refractivity contribution < 1.29 is 17.9 Å². The number of sulfone groups is 1. The van der Waals surface area contributed by atoms with Gasteiger partial charge >= 0.3 is 0 Å². The monoisotopic (exact) mass is 445 g/mol. The number of benzene rings is 1. The first-order valence-corrected chi connectivity index (χ1v) is 11.8. The van der Waals surface area contributed by atoms with E-state index in [1.165, 1.54) is 0 Å². The van der Waals surface area contributed by atoms with Crippen molar-refractivity contribution in [2.45, 2.75) is 32.9 Å². The molecule has 1 saturated carbocycles. The largest absolute Gasteiger partial charge is 0.497 e. The van der Waals surface area contributed by atoms with Gasteiger partial charge in [-0.3, -0.25) is 4.79 Å². The van der Waals surface area contributed by atoms with Gasteiger partial charge in [0.25, 0.3) is 0 Å². The van der Waals surface area contributed by atoms with Crippen molar-refractivity contribution in [2.75, 3.05) is 18.6 Å². The molecular formula is C20H25Cl2NO4S. The molecule has 1 amide bonds. The van der Waals surface area contributed by atoms with Gasteiger partial charge in [-0.05, 0) is 41.5 Å². The van der Waals surface area contributed by atoms with Gasteiger partial charge in [-0.15, -0.1) is 0 Å². The fourth-order valence-electron chi connectivity index (χ4n) is 4.11. The normalized spacial score (nSPS) is 27.1. The fraction of sp³-hybridized carbons (Fsp3) is 0.550. The van der Waals surface area contributed by atoms with E-state index in [0.29, 0.717) is 13.0 Å². The van der Waals surface area contributed by atoms with E-state index >= 15 is 0 Å². The highest BCUT2D eigenvalue weighted by molar-refractivity contribution is 7.91. The summed E-state index contributed by atoms with van der Waals surface area (Å²) in [4.78, 5) is 15.2. The van der Waals surface area contributed by atoms with Gasteiger partial charge in [0.1, 0.15) is 10.2 Å². The van der Waals surface area contributed by atoms with E-state index in [9.17, 15) is 13.2 Å². The number of rotatable bonds is 6. The maximum Gasteiger partial charge on any atom is 0.227 e. The molecule has 0 unspecified atom stereocenters. The lowest BCUT2D eigenvalue weighted by molar-refractivity contribution is -0.136. The summed E-state index contributed by atoms with van der Waals surface area (Å²) in [6, 6.07) is 7.15.